The Kier molecular flexibility index (Phi) is 5.36. The Labute approximate surface area is 156 Å². The summed E-state index contributed by atoms with van der Waals surface area (Å²) in [5.74, 6) is 0.420. The van der Waals surface area contributed by atoms with Crippen LogP contribution in [0.5, 0.6) is 17.2 Å². The van der Waals surface area contributed by atoms with Gasteiger partial charge in [-0.3, -0.25) is 4.99 Å². The maximum Gasteiger partial charge on any atom is 0.167 e. The molecule has 0 aliphatic heterocycles. The van der Waals surface area contributed by atoms with Crippen molar-refractivity contribution in [1.29, 1.82) is 0 Å². The summed E-state index contributed by atoms with van der Waals surface area (Å²) in [6.45, 7) is 12.3. The van der Waals surface area contributed by atoms with Crippen LogP contribution < -0.4 is 4.74 Å². The predicted molar refractivity (Wildman–Crippen MR) is 107 cm³/mol. The lowest BCUT2D eigenvalue weighted by atomic mass is 9.77. The fraction of sp³-hybridized carbons (Fsp3) is 0.409. The molecule has 2 N–H and O–H groups in total. The normalized spacial score (nSPS) is 12.6. The molecule has 0 atom stereocenters. The molecule has 4 nitrogen and oxygen atoms in total. The molecule has 2 rings (SSSR count). The van der Waals surface area contributed by atoms with Crippen LogP contribution in [-0.4, -0.2) is 23.5 Å². The summed E-state index contributed by atoms with van der Waals surface area (Å²) < 4.78 is 5.32. The van der Waals surface area contributed by atoms with E-state index in [0.29, 0.717) is 17.0 Å². The summed E-state index contributed by atoms with van der Waals surface area (Å²) in [7, 11) is 1.59. The SMILES string of the molecule is COc1ccccc1N=Cc1c(C(C)(C)C)cc(C(C)(C)C)c(O)c1O. The number of ether oxygens (including phenoxy) is 1. The van der Waals surface area contributed by atoms with Gasteiger partial charge < -0.3 is 14.9 Å². The lowest BCUT2D eigenvalue weighted by Crippen LogP contribution is -2.19. The Hall–Kier alpha value is -2.49. The quantitative estimate of drug-likeness (QED) is 0.568. The van der Waals surface area contributed by atoms with E-state index in [2.05, 4.69) is 25.8 Å². The van der Waals surface area contributed by atoms with Gasteiger partial charge in [0.15, 0.2) is 11.5 Å². The Morgan fingerprint density at radius 3 is 2.00 bits per heavy atom. The number of phenols is 2. The summed E-state index contributed by atoms with van der Waals surface area (Å²) in [6.07, 6.45) is 1.60. The fourth-order valence-corrected chi connectivity index (χ4v) is 2.87. The summed E-state index contributed by atoms with van der Waals surface area (Å²) in [4.78, 5) is 4.49. The van der Waals surface area contributed by atoms with Gasteiger partial charge in [-0.2, -0.15) is 0 Å². The largest absolute Gasteiger partial charge is 0.504 e. The molecule has 2 aromatic carbocycles. The molecule has 0 bridgehead atoms. The van der Waals surface area contributed by atoms with Gasteiger partial charge in [0.25, 0.3) is 0 Å². The lowest BCUT2D eigenvalue weighted by molar-refractivity contribution is 0.386. The van der Waals surface area contributed by atoms with Gasteiger partial charge in [0.2, 0.25) is 0 Å². The van der Waals surface area contributed by atoms with E-state index in [-0.39, 0.29) is 22.3 Å². The monoisotopic (exact) mass is 355 g/mol. The second-order valence-electron chi connectivity index (χ2n) is 8.51. The number of rotatable bonds is 3. The fourth-order valence-electron chi connectivity index (χ4n) is 2.87. The van der Waals surface area contributed by atoms with Crippen molar-refractivity contribution in [3.8, 4) is 17.2 Å². The van der Waals surface area contributed by atoms with Gasteiger partial charge in [-0.1, -0.05) is 59.7 Å². The molecule has 140 valence electrons. The van der Waals surface area contributed by atoms with Crippen molar-refractivity contribution in [2.75, 3.05) is 7.11 Å². The molecule has 0 saturated heterocycles. The zero-order valence-electron chi connectivity index (χ0n) is 16.7. The highest BCUT2D eigenvalue weighted by Crippen LogP contribution is 2.43. The van der Waals surface area contributed by atoms with Crippen LogP contribution in [0.15, 0.2) is 35.3 Å². The van der Waals surface area contributed by atoms with Crippen LogP contribution in [0.25, 0.3) is 0 Å². The second-order valence-corrected chi connectivity index (χ2v) is 8.51. The minimum Gasteiger partial charge on any atom is -0.504 e. The Morgan fingerprint density at radius 2 is 1.46 bits per heavy atom. The Bertz CT molecular complexity index is 825. The highest BCUT2D eigenvalue weighted by molar-refractivity contribution is 5.90. The molecule has 0 aliphatic rings. The van der Waals surface area contributed by atoms with Gasteiger partial charge in [-0.15, -0.1) is 0 Å². The van der Waals surface area contributed by atoms with Crippen molar-refractivity contribution in [3.63, 3.8) is 0 Å². The summed E-state index contributed by atoms with van der Waals surface area (Å²) in [5, 5.41) is 21.3. The summed E-state index contributed by atoms with van der Waals surface area (Å²) >= 11 is 0. The van der Waals surface area contributed by atoms with E-state index in [1.165, 1.54) is 0 Å². The van der Waals surface area contributed by atoms with Gasteiger partial charge in [-0.05, 0) is 28.5 Å². The first-order valence-electron chi connectivity index (χ1n) is 8.73. The van der Waals surface area contributed by atoms with Crippen molar-refractivity contribution in [1.82, 2.24) is 0 Å². The number of nitrogens with zero attached hydrogens (tertiary/aromatic N) is 1. The first-order chi connectivity index (χ1) is 12.0. The number of hydrogen-bond acceptors (Lipinski definition) is 4. The molecular formula is C22H29NO3. The third-order valence-electron chi connectivity index (χ3n) is 4.35. The van der Waals surface area contributed by atoms with Crippen molar-refractivity contribution < 1.29 is 14.9 Å². The number of aliphatic imine (C=N–C) groups is 1. The molecule has 0 amide bonds. The van der Waals surface area contributed by atoms with Crippen molar-refractivity contribution in [2.24, 2.45) is 4.99 Å². The number of methoxy groups -OCH3 is 1. The molecule has 0 fully saturated rings. The molecule has 0 saturated carbocycles. The number of benzene rings is 2. The molecular weight excluding hydrogens is 326 g/mol. The highest BCUT2D eigenvalue weighted by atomic mass is 16.5. The molecule has 0 aliphatic carbocycles. The Balaban J connectivity index is 2.68. The van der Waals surface area contributed by atoms with E-state index in [1.54, 1.807) is 13.3 Å². The van der Waals surface area contributed by atoms with E-state index in [4.69, 9.17) is 4.74 Å². The number of hydrogen-bond donors (Lipinski definition) is 2. The highest BCUT2D eigenvalue weighted by Gasteiger charge is 2.28. The van der Waals surface area contributed by atoms with E-state index >= 15 is 0 Å². The minimum absolute atomic E-state index is 0.0908. The van der Waals surface area contributed by atoms with Crippen LogP contribution in [0.2, 0.25) is 0 Å². The van der Waals surface area contributed by atoms with Crippen molar-refractivity contribution in [2.45, 2.75) is 52.4 Å². The van der Waals surface area contributed by atoms with E-state index < -0.39 is 0 Å². The number of para-hydroxylation sites is 2. The average Bonchev–Trinajstić information content (AvgIpc) is 2.54. The molecule has 2 aromatic rings. The third-order valence-corrected chi connectivity index (χ3v) is 4.35. The van der Waals surface area contributed by atoms with Crippen LogP contribution in [0.1, 0.15) is 58.2 Å². The van der Waals surface area contributed by atoms with Gasteiger partial charge in [-0.25, -0.2) is 0 Å². The van der Waals surface area contributed by atoms with Crippen LogP contribution >= 0.6 is 0 Å². The molecule has 4 heteroatoms. The predicted octanol–water partition coefficient (Wildman–Crippen LogP) is 5.45. The standard InChI is InChI=1S/C22H29NO3/c1-21(2,3)15-12-16(22(4,5)6)20(25)19(24)14(15)13-23-17-10-8-9-11-18(17)26-7/h8-13,24-25H,1-7H3. The maximum absolute atomic E-state index is 10.7. The number of phenolic OH excluding ortho intramolecular Hbond substituents is 2. The van der Waals surface area contributed by atoms with Gasteiger partial charge in [0.05, 0.1) is 7.11 Å². The zero-order valence-corrected chi connectivity index (χ0v) is 16.7. The van der Waals surface area contributed by atoms with Crippen LogP contribution in [0.4, 0.5) is 5.69 Å². The van der Waals surface area contributed by atoms with Gasteiger partial charge in [0, 0.05) is 17.3 Å². The first kappa shape index (κ1) is 19.8. The number of aromatic hydroxyl groups is 2. The van der Waals surface area contributed by atoms with Crippen LogP contribution in [0.3, 0.4) is 0 Å². The molecule has 0 heterocycles. The zero-order chi connectivity index (χ0) is 19.7. The average molecular weight is 355 g/mol. The molecule has 0 unspecified atom stereocenters. The second kappa shape index (κ2) is 7.02. The van der Waals surface area contributed by atoms with Gasteiger partial charge in [0.1, 0.15) is 11.4 Å². The molecule has 0 spiro atoms. The van der Waals surface area contributed by atoms with Crippen molar-refractivity contribution in [3.05, 3.63) is 47.0 Å². The summed E-state index contributed by atoms with van der Waals surface area (Å²) in [6, 6.07) is 9.39. The van der Waals surface area contributed by atoms with E-state index in [1.807, 2.05) is 51.1 Å². The van der Waals surface area contributed by atoms with E-state index in [9.17, 15) is 10.2 Å². The van der Waals surface area contributed by atoms with E-state index in [0.717, 1.165) is 11.1 Å². The van der Waals surface area contributed by atoms with Crippen LogP contribution in [-0.2, 0) is 10.8 Å². The Morgan fingerprint density at radius 1 is 0.885 bits per heavy atom. The lowest BCUT2D eigenvalue weighted by Gasteiger charge is -2.28. The molecule has 0 radical (unpaired) electrons. The maximum atomic E-state index is 10.7. The van der Waals surface area contributed by atoms with Gasteiger partial charge >= 0.3 is 0 Å². The topological polar surface area (TPSA) is 62.0 Å². The van der Waals surface area contributed by atoms with Crippen molar-refractivity contribution >= 4 is 11.9 Å². The summed E-state index contributed by atoms with van der Waals surface area (Å²) in [5.41, 5.74) is 2.31. The minimum atomic E-state index is -0.292. The van der Waals surface area contributed by atoms with Crippen LogP contribution in [0, 0.1) is 0 Å². The third kappa shape index (κ3) is 4.01. The smallest absolute Gasteiger partial charge is 0.167 e. The molecule has 26 heavy (non-hydrogen) atoms. The first-order valence-corrected chi connectivity index (χ1v) is 8.73. The molecule has 0 aromatic heterocycles.